The van der Waals surface area contributed by atoms with Crippen molar-refractivity contribution >= 4 is 44.9 Å². The van der Waals surface area contributed by atoms with E-state index in [0.717, 1.165) is 44.6 Å². The first kappa shape index (κ1) is 15.6. The zero-order valence-corrected chi connectivity index (χ0v) is 15.3. The lowest BCUT2D eigenvalue weighted by Crippen LogP contribution is -2.11. The Balaban J connectivity index is 1.40. The van der Waals surface area contributed by atoms with Gasteiger partial charge in [-0.3, -0.25) is 4.79 Å². The molecule has 0 atom stereocenters. The number of carbonyl (C=O) groups is 1. The summed E-state index contributed by atoms with van der Waals surface area (Å²) >= 11 is 3.31. The molecule has 0 saturated carbocycles. The number of nitrogens with zero attached hydrogens (tertiary/aromatic N) is 3. The number of benzene rings is 2. The molecule has 1 amide bonds. The molecule has 1 aliphatic heterocycles. The molecule has 128 valence electrons. The molecule has 1 aliphatic rings. The largest absolute Gasteiger partial charge is 0.325 e. The fourth-order valence-corrected chi connectivity index (χ4v) is 4.66. The second-order valence-electron chi connectivity index (χ2n) is 6.02. The number of nitrogens with one attached hydrogen (secondary N) is 1. The molecule has 0 spiro atoms. The highest BCUT2D eigenvalue weighted by Gasteiger charge is 2.15. The summed E-state index contributed by atoms with van der Waals surface area (Å²) in [6.45, 7) is 1.00. The number of amides is 1. The summed E-state index contributed by atoms with van der Waals surface area (Å²) in [5, 5.41) is 4.04. The van der Waals surface area contributed by atoms with Crippen LogP contribution in [-0.2, 0) is 6.54 Å². The molecule has 1 N–H and O–H groups in total. The number of anilines is 1. The quantitative estimate of drug-likeness (QED) is 0.569. The molecule has 2 aromatic heterocycles. The Morgan fingerprint density at radius 1 is 1.19 bits per heavy atom. The van der Waals surface area contributed by atoms with Gasteiger partial charge in [-0.2, -0.15) is 0 Å². The van der Waals surface area contributed by atoms with E-state index >= 15 is 0 Å². The van der Waals surface area contributed by atoms with Gasteiger partial charge in [0.1, 0.15) is 0 Å². The smallest absolute Gasteiger partial charge is 0.255 e. The number of imidazole rings is 1. The van der Waals surface area contributed by atoms with Gasteiger partial charge in [0.25, 0.3) is 5.91 Å². The van der Waals surface area contributed by atoms with E-state index in [1.54, 1.807) is 23.3 Å². The van der Waals surface area contributed by atoms with E-state index in [1.165, 1.54) is 11.3 Å². The van der Waals surface area contributed by atoms with Gasteiger partial charge in [-0.15, -0.1) is 11.3 Å². The number of aromatic nitrogens is 3. The summed E-state index contributed by atoms with van der Waals surface area (Å²) in [5.74, 6) is 0.961. The van der Waals surface area contributed by atoms with E-state index < -0.39 is 0 Å². The lowest BCUT2D eigenvalue weighted by atomic mass is 10.1. The van der Waals surface area contributed by atoms with E-state index in [9.17, 15) is 4.79 Å². The molecule has 0 fully saturated rings. The molecule has 0 radical (unpaired) electrons. The number of thioether (sulfide) groups is 1. The predicted molar refractivity (Wildman–Crippen MR) is 106 cm³/mol. The summed E-state index contributed by atoms with van der Waals surface area (Å²) in [4.78, 5) is 21.5. The Kier molecular flexibility index (Phi) is 3.76. The molecular formula is C19H14N4OS2. The van der Waals surface area contributed by atoms with Crippen molar-refractivity contribution in [2.45, 2.75) is 11.7 Å². The van der Waals surface area contributed by atoms with E-state index in [-0.39, 0.29) is 5.91 Å². The standard InChI is InChI=1S/C19H14N4OS2/c24-18(13-4-5-15-17(9-13)26-11-20-15)21-14-3-1-2-12(8-14)16-10-23-6-7-25-19(23)22-16/h1-5,8-11H,6-7H2,(H,21,24). The van der Waals surface area contributed by atoms with Crippen molar-refractivity contribution in [1.29, 1.82) is 0 Å². The maximum Gasteiger partial charge on any atom is 0.255 e. The van der Waals surface area contributed by atoms with Crippen LogP contribution in [-0.4, -0.2) is 26.2 Å². The summed E-state index contributed by atoms with van der Waals surface area (Å²) < 4.78 is 3.19. The van der Waals surface area contributed by atoms with E-state index in [2.05, 4.69) is 26.0 Å². The molecule has 7 heteroatoms. The number of rotatable bonds is 3. The summed E-state index contributed by atoms with van der Waals surface area (Å²) in [5.41, 5.74) is 6.04. The molecule has 5 nitrogen and oxygen atoms in total. The Labute approximate surface area is 158 Å². The first-order chi connectivity index (χ1) is 12.8. The van der Waals surface area contributed by atoms with Crippen LogP contribution in [0.5, 0.6) is 0 Å². The van der Waals surface area contributed by atoms with Gasteiger partial charge in [0.05, 0.1) is 21.4 Å². The third-order valence-corrected chi connectivity index (χ3v) is 6.08. The fourth-order valence-electron chi connectivity index (χ4n) is 3.00. The van der Waals surface area contributed by atoms with Gasteiger partial charge in [-0.05, 0) is 30.3 Å². The molecule has 3 heterocycles. The van der Waals surface area contributed by atoms with Gasteiger partial charge < -0.3 is 9.88 Å². The van der Waals surface area contributed by atoms with Gasteiger partial charge in [-0.25, -0.2) is 9.97 Å². The lowest BCUT2D eigenvalue weighted by molar-refractivity contribution is 0.102. The number of fused-ring (bicyclic) bond motifs is 2. The molecule has 5 rings (SSSR count). The zero-order chi connectivity index (χ0) is 17.5. The number of thiazole rings is 1. The van der Waals surface area contributed by atoms with Crippen LogP contribution in [0.25, 0.3) is 21.5 Å². The molecule has 2 aromatic carbocycles. The topological polar surface area (TPSA) is 59.8 Å². The second kappa shape index (κ2) is 6.26. The van der Waals surface area contributed by atoms with Crippen LogP contribution < -0.4 is 5.32 Å². The highest BCUT2D eigenvalue weighted by molar-refractivity contribution is 7.99. The third-order valence-electron chi connectivity index (χ3n) is 4.31. The first-order valence-electron chi connectivity index (χ1n) is 8.21. The summed E-state index contributed by atoms with van der Waals surface area (Å²) in [7, 11) is 0. The monoisotopic (exact) mass is 378 g/mol. The molecule has 0 bridgehead atoms. The minimum absolute atomic E-state index is 0.125. The summed E-state index contributed by atoms with van der Waals surface area (Å²) in [6.07, 6.45) is 2.08. The van der Waals surface area contributed by atoms with Gasteiger partial charge in [0.2, 0.25) is 0 Å². The number of hydrogen-bond acceptors (Lipinski definition) is 5. The van der Waals surface area contributed by atoms with E-state index in [1.807, 2.05) is 36.4 Å². The normalized spacial score (nSPS) is 13.1. The molecule has 0 aliphatic carbocycles. The lowest BCUT2D eigenvalue weighted by Gasteiger charge is -2.07. The maximum absolute atomic E-state index is 12.6. The Bertz CT molecular complexity index is 1110. The Morgan fingerprint density at radius 2 is 2.15 bits per heavy atom. The fraction of sp³-hybridized carbons (Fsp3) is 0.105. The van der Waals surface area contributed by atoms with Crippen molar-refractivity contribution < 1.29 is 4.79 Å². The molecule has 0 unspecified atom stereocenters. The minimum Gasteiger partial charge on any atom is -0.325 e. The number of aryl methyl sites for hydroxylation is 1. The average Bonchev–Trinajstić information content (AvgIpc) is 3.36. The van der Waals surface area contributed by atoms with Crippen LogP contribution in [0.15, 0.2) is 59.3 Å². The van der Waals surface area contributed by atoms with Gasteiger partial charge in [0, 0.05) is 35.3 Å². The van der Waals surface area contributed by atoms with E-state index in [4.69, 9.17) is 0 Å². The maximum atomic E-state index is 12.6. The van der Waals surface area contributed by atoms with Crippen LogP contribution in [0.3, 0.4) is 0 Å². The zero-order valence-electron chi connectivity index (χ0n) is 13.7. The highest BCUT2D eigenvalue weighted by Crippen LogP contribution is 2.30. The van der Waals surface area contributed by atoms with Gasteiger partial charge >= 0.3 is 0 Å². The van der Waals surface area contributed by atoms with Crippen molar-refractivity contribution in [3.8, 4) is 11.3 Å². The average molecular weight is 378 g/mol. The van der Waals surface area contributed by atoms with Crippen LogP contribution in [0, 0.1) is 0 Å². The third kappa shape index (κ3) is 2.79. The van der Waals surface area contributed by atoms with Crippen molar-refractivity contribution in [3.63, 3.8) is 0 Å². The van der Waals surface area contributed by atoms with Crippen LogP contribution in [0.4, 0.5) is 5.69 Å². The van der Waals surface area contributed by atoms with Crippen LogP contribution in [0.2, 0.25) is 0 Å². The molecule has 26 heavy (non-hydrogen) atoms. The van der Waals surface area contributed by atoms with Crippen molar-refractivity contribution in [2.75, 3.05) is 11.1 Å². The van der Waals surface area contributed by atoms with Crippen molar-refractivity contribution in [2.24, 2.45) is 0 Å². The SMILES string of the molecule is O=C(Nc1cccc(-c2cn3c(n2)SCC3)c1)c1ccc2ncsc2c1. The minimum atomic E-state index is -0.125. The molecular weight excluding hydrogens is 364 g/mol. The number of hydrogen-bond donors (Lipinski definition) is 1. The molecule has 4 aromatic rings. The Morgan fingerprint density at radius 3 is 3.08 bits per heavy atom. The van der Waals surface area contributed by atoms with Gasteiger partial charge in [-0.1, -0.05) is 23.9 Å². The predicted octanol–water partition coefficient (Wildman–Crippen LogP) is 4.52. The van der Waals surface area contributed by atoms with Crippen molar-refractivity contribution in [3.05, 3.63) is 59.7 Å². The second-order valence-corrected chi connectivity index (χ2v) is 7.97. The molecule has 0 saturated heterocycles. The van der Waals surface area contributed by atoms with E-state index in [0.29, 0.717) is 5.56 Å². The summed E-state index contributed by atoms with van der Waals surface area (Å²) in [6, 6.07) is 13.4. The van der Waals surface area contributed by atoms with Crippen LogP contribution >= 0.6 is 23.1 Å². The number of carbonyl (C=O) groups excluding carboxylic acids is 1. The van der Waals surface area contributed by atoms with Crippen molar-refractivity contribution in [1.82, 2.24) is 14.5 Å². The first-order valence-corrected chi connectivity index (χ1v) is 10.1. The van der Waals surface area contributed by atoms with Gasteiger partial charge in [0.15, 0.2) is 5.16 Å². The van der Waals surface area contributed by atoms with Crippen LogP contribution in [0.1, 0.15) is 10.4 Å². The highest BCUT2D eigenvalue weighted by atomic mass is 32.2. The Hall–Kier alpha value is -2.64.